The van der Waals surface area contributed by atoms with Crippen molar-refractivity contribution in [3.05, 3.63) is 66.5 Å². The molecule has 3 aromatic rings. The molecule has 0 saturated carbocycles. The summed E-state index contributed by atoms with van der Waals surface area (Å²) in [5.41, 5.74) is 2.19. The van der Waals surface area contributed by atoms with Crippen LogP contribution in [0.15, 0.2) is 60.9 Å². The Morgan fingerprint density at radius 1 is 0.923 bits per heavy atom. The van der Waals surface area contributed by atoms with Crippen molar-refractivity contribution < 1.29 is 9.47 Å². The second-order valence-corrected chi connectivity index (χ2v) is 5.68. The van der Waals surface area contributed by atoms with Crippen molar-refractivity contribution in [1.82, 2.24) is 9.97 Å². The molecule has 6 nitrogen and oxygen atoms in total. The van der Waals surface area contributed by atoms with E-state index in [1.54, 1.807) is 7.11 Å². The Bertz CT molecular complexity index is 837. The first kappa shape index (κ1) is 17.5. The van der Waals surface area contributed by atoms with Crippen LogP contribution in [0.3, 0.4) is 0 Å². The number of anilines is 3. The summed E-state index contributed by atoms with van der Waals surface area (Å²) in [5, 5.41) is 6.54. The number of benzene rings is 2. The van der Waals surface area contributed by atoms with Gasteiger partial charge in [0.15, 0.2) is 0 Å². The molecule has 0 bridgehead atoms. The van der Waals surface area contributed by atoms with Crippen LogP contribution in [-0.4, -0.2) is 30.2 Å². The van der Waals surface area contributed by atoms with E-state index in [-0.39, 0.29) is 0 Å². The summed E-state index contributed by atoms with van der Waals surface area (Å²) in [7, 11) is 1.64. The van der Waals surface area contributed by atoms with Gasteiger partial charge in [0.1, 0.15) is 36.1 Å². The Balaban J connectivity index is 1.50. The predicted octanol–water partition coefficient (Wildman–Crippen LogP) is 4.03. The molecule has 2 N–H and O–H groups in total. The van der Waals surface area contributed by atoms with Crippen molar-refractivity contribution in [3.8, 4) is 11.5 Å². The largest absolute Gasteiger partial charge is 0.497 e. The number of aromatic nitrogens is 2. The SMILES string of the molecule is COc1ccc(OCCNc2cc(Nc3ccccc3C)ncn2)cc1. The standard InChI is InChI=1S/C20H22N4O2/c1-15-5-3-4-6-18(15)24-20-13-19(22-14-23-20)21-11-12-26-17-9-7-16(25-2)8-10-17/h3-10,13-14H,11-12H2,1-2H3,(H2,21,22,23,24). The number of hydrogen-bond donors (Lipinski definition) is 2. The zero-order valence-electron chi connectivity index (χ0n) is 14.9. The summed E-state index contributed by atoms with van der Waals surface area (Å²) in [6.45, 7) is 3.21. The monoisotopic (exact) mass is 350 g/mol. The highest BCUT2D eigenvalue weighted by molar-refractivity contribution is 5.61. The lowest BCUT2D eigenvalue weighted by molar-refractivity contribution is 0.331. The molecule has 0 amide bonds. The third kappa shape index (κ3) is 4.86. The van der Waals surface area contributed by atoms with Gasteiger partial charge in [-0.25, -0.2) is 9.97 Å². The molecule has 26 heavy (non-hydrogen) atoms. The van der Waals surface area contributed by atoms with Gasteiger partial charge in [-0.15, -0.1) is 0 Å². The lowest BCUT2D eigenvalue weighted by Gasteiger charge is -2.11. The highest BCUT2D eigenvalue weighted by atomic mass is 16.5. The van der Waals surface area contributed by atoms with Crippen LogP contribution in [0.5, 0.6) is 11.5 Å². The molecule has 3 rings (SSSR count). The Morgan fingerprint density at radius 2 is 1.65 bits per heavy atom. The van der Waals surface area contributed by atoms with Gasteiger partial charge in [0, 0.05) is 11.8 Å². The third-order valence-electron chi connectivity index (χ3n) is 3.81. The number of ether oxygens (including phenoxy) is 2. The van der Waals surface area contributed by atoms with Crippen molar-refractivity contribution >= 4 is 17.3 Å². The van der Waals surface area contributed by atoms with E-state index in [4.69, 9.17) is 9.47 Å². The van der Waals surface area contributed by atoms with Gasteiger partial charge in [-0.05, 0) is 42.8 Å². The van der Waals surface area contributed by atoms with Gasteiger partial charge in [0.05, 0.1) is 13.7 Å². The number of aryl methyl sites for hydroxylation is 1. The average molecular weight is 350 g/mol. The van der Waals surface area contributed by atoms with Crippen molar-refractivity contribution in [1.29, 1.82) is 0 Å². The van der Waals surface area contributed by atoms with Crippen molar-refractivity contribution in [2.24, 2.45) is 0 Å². The van der Waals surface area contributed by atoms with Gasteiger partial charge < -0.3 is 20.1 Å². The summed E-state index contributed by atoms with van der Waals surface area (Å²) >= 11 is 0. The van der Waals surface area contributed by atoms with Crippen LogP contribution in [0.1, 0.15) is 5.56 Å². The normalized spacial score (nSPS) is 10.2. The summed E-state index contributed by atoms with van der Waals surface area (Å²) in [6, 6.07) is 17.5. The van der Waals surface area contributed by atoms with E-state index >= 15 is 0 Å². The number of hydrogen-bond acceptors (Lipinski definition) is 6. The minimum absolute atomic E-state index is 0.525. The zero-order valence-corrected chi connectivity index (χ0v) is 14.9. The third-order valence-corrected chi connectivity index (χ3v) is 3.81. The van der Waals surface area contributed by atoms with Crippen LogP contribution in [0.2, 0.25) is 0 Å². The molecule has 0 aliphatic heterocycles. The smallest absolute Gasteiger partial charge is 0.135 e. The van der Waals surface area contributed by atoms with Gasteiger partial charge in [0.2, 0.25) is 0 Å². The first-order valence-corrected chi connectivity index (χ1v) is 8.40. The fourth-order valence-corrected chi connectivity index (χ4v) is 2.39. The van der Waals surface area contributed by atoms with Gasteiger partial charge in [-0.1, -0.05) is 18.2 Å². The lowest BCUT2D eigenvalue weighted by Crippen LogP contribution is -2.12. The minimum atomic E-state index is 0.525. The van der Waals surface area contributed by atoms with Crippen molar-refractivity contribution in [2.75, 3.05) is 30.9 Å². The van der Waals surface area contributed by atoms with Gasteiger partial charge in [-0.2, -0.15) is 0 Å². The summed E-state index contributed by atoms with van der Waals surface area (Å²) < 4.78 is 10.8. The first-order valence-electron chi connectivity index (χ1n) is 8.40. The summed E-state index contributed by atoms with van der Waals surface area (Å²) in [6.07, 6.45) is 1.53. The van der Waals surface area contributed by atoms with E-state index < -0.39 is 0 Å². The number of para-hydroxylation sites is 1. The van der Waals surface area contributed by atoms with Gasteiger partial charge in [-0.3, -0.25) is 0 Å². The molecular formula is C20H22N4O2. The van der Waals surface area contributed by atoms with Crippen LogP contribution in [0.25, 0.3) is 0 Å². The molecule has 0 fully saturated rings. The molecule has 0 spiro atoms. The van der Waals surface area contributed by atoms with Gasteiger partial charge >= 0.3 is 0 Å². The lowest BCUT2D eigenvalue weighted by atomic mass is 10.2. The second kappa shape index (κ2) is 8.71. The Morgan fingerprint density at radius 3 is 2.42 bits per heavy atom. The molecular weight excluding hydrogens is 328 g/mol. The van der Waals surface area contributed by atoms with E-state index in [9.17, 15) is 0 Å². The maximum absolute atomic E-state index is 5.69. The van der Waals surface area contributed by atoms with Crippen molar-refractivity contribution in [2.45, 2.75) is 6.92 Å². The molecule has 6 heteroatoms. The van der Waals surface area contributed by atoms with Crippen LogP contribution in [0.4, 0.5) is 17.3 Å². The predicted molar refractivity (Wildman–Crippen MR) is 103 cm³/mol. The molecule has 0 saturated heterocycles. The molecule has 0 aliphatic carbocycles. The quantitative estimate of drug-likeness (QED) is 0.598. The second-order valence-electron chi connectivity index (χ2n) is 5.68. The van der Waals surface area contributed by atoms with E-state index in [0.717, 1.165) is 34.4 Å². The van der Waals surface area contributed by atoms with E-state index in [1.165, 1.54) is 6.33 Å². The minimum Gasteiger partial charge on any atom is -0.497 e. The molecule has 134 valence electrons. The van der Waals surface area contributed by atoms with E-state index in [2.05, 4.69) is 33.6 Å². The molecule has 1 heterocycles. The fourth-order valence-electron chi connectivity index (χ4n) is 2.39. The molecule has 0 aliphatic rings. The molecule has 1 aromatic heterocycles. The Labute approximate surface area is 153 Å². The number of nitrogens with zero attached hydrogens (tertiary/aromatic N) is 2. The molecule has 0 atom stereocenters. The van der Waals surface area contributed by atoms with Crippen LogP contribution in [0, 0.1) is 6.92 Å². The zero-order chi connectivity index (χ0) is 18.2. The van der Waals surface area contributed by atoms with Crippen LogP contribution < -0.4 is 20.1 Å². The molecule has 2 aromatic carbocycles. The van der Waals surface area contributed by atoms with E-state index in [1.807, 2.05) is 48.5 Å². The van der Waals surface area contributed by atoms with Crippen molar-refractivity contribution in [3.63, 3.8) is 0 Å². The number of rotatable bonds is 8. The number of methoxy groups -OCH3 is 1. The number of nitrogens with one attached hydrogen (secondary N) is 2. The summed E-state index contributed by atoms with van der Waals surface area (Å²) in [4.78, 5) is 8.50. The summed E-state index contributed by atoms with van der Waals surface area (Å²) in [5.74, 6) is 3.10. The molecule has 0 unspecified atom stereocenters. The maximum Gasteiger partial charge on any atom is 0.135 e. The maximum atomic E-state index is 5.69. The highest BCUT2D eigenvalue weighted by Gasteiger charge is 2.02. The molecule has 0 radical (unpaired) electrons. The van der Waals surface area contributed by atoms with Crippen LogP contribution in [-0.2, 0) is 0 Å². The Kier molecular flexibility index (Phi) is 5.88. The van der Waals surface area contributed by atoms with Gasteiger partial charge in [0.25, 0.3) is 0 Å². The highest BCUT2D eigenvalue weighted by Crippen LogP contribution is 2.20. The topological polar surface area (TPSA) is 68.3 Å². The Hall–Kier alpha value is -3.28. The van der Waals surface area contributed by atoms with E-state index in [0.29, 0.717) is 13.2 Å². The van der Waals surface area contributed by atoms with Crippen LogP contribution >= 0.6 is 0 Å². The average Bonchev–Trinajstić information content (AvgIpc) is 2.68. The first-order chi connectivity index (χ1) is 12.7. The fraction of sp³-hybridized carbons (Fsp3) is 0.200.